The normalized spacial score (nSPS) is 10.3. The smallest absolute Gasteiger partial charge is 0.242 e. The minimum absolute atomic E-state index is 0.0808. The van der Waals surface area contributed by atoms with E-state index in [9.17, 15) is 19.2 Å². The molecule has 132 valence electrons. The fraction of sp³-hybridized carbons (Fsp3) is 0.714. The maximum Gasteiger partial charge on any atom is 0.242 e. The summed E-state index contributed by atoms with van der Waals surface area (Å²) >= 11 is 0. The highest BCUT2D eigenvalue weighted by Gasteiger charge is 2.18. The first-order valence-corrected chi connectivity index (χ1v) is 7.19. The third-order valence-electron chi connectivity index (χ3n) is 3.16. The number of nitrogens with zero attached hydrogens (tertiary/aromatic N) is 4. The average molecular weight is 329 g/mol. The van der Waals surface area contributed by atoms with Crippen LogP contribution in [0.4, 0.5) is 0 Å². The van der Waals surface area contributed by atoms with Gasteiger partial charge in [-0.2, -0.15) is 0 Å². The number of likely N-dealkylation sites (N-methyl/N-ethyl adjacent to an activating group) is 4. The molecule has 9 nitrogen and oxygen atoms in total. The second-order valence-corrected chi connectivity index (χ2v) is 5.77. The minimum Gasteiger partial charge on any atom is -0.368 e. The molecule has 0 atom stereocenters. The second-order valence-electron chi connectivity index (χ2n) is 5.77. The van der Waals surface area contributed by atoms with E-state index in [2.05, 4.69) is 0 Å². The molecule has 4 amide bonds. The van der Waals surface area contributed by atoms with Gasteiger partial charge in [0.05, 0.1) is 19.6 Å². The number of carbonyl (C=O) groups is 4. The van der Waals surface area contributed by atoms with Crippen molar-refractivity contribution >= 4 is 23.6 Å². The van der Waals surface area contributed by atoms with E-state index in [4.69, 9.17) is 5.73 Å². The van der Waals surface area contributed by atoms with Crippen molar-refractivity contribution in [3.63, 3.8) is 0 Å². The minimum atomic E-state index is -0.615. The largest absolute Gasteiger partial charge is 0.368 e. The molecule has 0 aliphatic heterocycles. The molecule has 23 heavy (non-hydrogen) atoms. The van der Waals surface area contributed by atoms with Crippen molar-refractivity contribution in [2.75, 3.05) is 61.4 Å². The van der Waals surface area contributed by atoms with Crippen molar-refractivity contribution in [1.29, 1.82) is 0 Å². The van der Waals surface area contributed by atoms with Gasteiger partial charge in [0.1, 0.15) is 0 Å². The maximum atomic E-state index is 12.0. The number of amides is 4. The zero-order valence-electron chi connectivity index (χ0n) is 14.5. The molecule has 0 bridgehead atoms. The van der Waals surface area contributed by atoms with Gasteiger partial charge in [-0.05, 0) is 14.1 Å². The van der Waals surface area contributed by atoms with Gasteiger partial charge < -0.3 is 25.3 Å². The van der Waals surface area contributed by atoms with E-state index in [0.29, 0.717) is 0 Å². The van der Waals surface area contributed by atoms with Gasteiger partial charge in [0, 0.05) is 34.1 Å². The second kappa shape index (κ2) is 9.78. The Bertz CT molecular complexity index is 452. The standard InChI is InChI=1S/C14H27N5O4/c1-16(2)9-13(22)17(3)7-6-12(21)19(5)10-14(23)18(4)8-11(15)20/h6-10H2,1-5H3,(H2,15,20). The maximum absolute atomic E-state index is 12.0. The molecule has 0 aromatic heterocycles. The van der Waals surface area contributed by atoms with Crippen LogP contribution < -0.4 is 5.73 Å². The Morgan fingerprint density at radius 1 is 0.696 bits per heavy atom. The van der Waals surface area contributed by atoms with Crippen molar-refractivity contribution in [3.05, 3.63) is 0 Å². The Morgan fingerprint density at radius 2 is 1.17 bits per heavy atom. The lowest BCUT2D eigenvalue weighted by Crippen LogP contribution is -2.43. The van der Waals surface area contributed by atoms with E-state index < -0.39 is 5.91 Å². The van der Waals surface area contributed by atoms with Gasteiger partial charge in [-0.3, -0.25) is 19.2 Å². The van der Waals surface area contributed by atoms with E-state index in [0.717, 1.165) is 0 Å². The number of rotatable bonds is 9. The number of hydrogen-bond acceptors (Lipinski definition) is 5. The molecule has 2 N–H and O–H groups in total. The zero-order valence-corrected chi connectivity index (χ0v) is 14.5. The van der Waals surface area contributed by atoms with Crippen molar-refractivity contribution in [3.8, 4) is 0 Å². The Hall–Kier alpha value is -2.16. The summed E-state index contributed by atoms with van der Waals surface area (Å²) in [5, 5.41) is 0. The summed E-state index contributed by atoms with van der Waals surface area (Å²) in [5.41, 5.74) is 5.01. The molecule has 0 saturated heterocycles. The first kappa shape index (κ1) is 20.8. The number of primary amides is 1. The molecule has 0 spiro atoms. The molecule has 0 rings (SSSR count). The van der Waals surface area contributed by atoms with E-state index in [1.807, 2.05) is 0 Å². The lowest BCUT2D eigenvalue weighted by Gasteiger charge is -2.23. The van der Waals surface area contributed by atoms with Crippen LogP contribution in [0.1, 0.15) is 6.42 Å². The van der Waals surface area contributed by atoms with Crippen LogP contribution in [0.3, 0.4) is 0 Å². The van der Waals surface area contributed by atoms with Crippen LogP contribution in [0.2, 0.25) is 0 Å². The van der Waals surface area contributed by atoms with Gasteiger partial charge in [0.25, 0.3) is 0 Å². The molecule has 9 heteroatoms. The summed E-state index contributed by atoms with van der Waals surface area (Å²) in [6, 6.07) is 0. The summed E-state index contributed by atoms with van der Waals surface area (Å²) in [6.07, 6.45) is 0.124. The molecule has 0 saturated carbocycles. The molecule has 0 aliphatic rings. The Labute approximate surface area is 137 Å². The predicted molar refractivity (Wildman–Crippen MR) is 85.3 cm³/mol. The Kier molecular flexibility index (Phi) is 8.86. The highest BCUT2D eigenvalue weighted by atomic mass is 16.2. The van der Waals surface area contributed by atoms with E-state index in [1.165, 1.54) is 28.8 Å². The van der Waals surface area contributed by atoms with Crippen LogP contribution in [0.5, 0.6) is 0 Å². The number of carbonyl (C=O) groups excluding carboxylic acids is 4. The van der Waals surface area contributed by atoms with Crippen LogP contribution in [-0.2, 0) is 19.2 Å². The molecular formula is C14H27N5O4. The molecule has 0 unspecified atom stereocenters. The third kappa shape index (κ3) is 8.77. The molecule has 0 radical (unpaired) electrons. The van der Waals surface area contributed by atoms with Gasteiger partial charge in [-0.25, -0.2) is 0 Å². The predicted octanol–water partition coefficient (Wildman–Crippen LogP) is -2.20. The van der Waals surface area contributed by atoms with Crippen LogP contribution in [0.25, 0.3) is 0 Å². The van der Waals surface area contributed by atoms with Gasteiger partial charge in [0.15, 0.2) is 0 Å². The lowest BCUT2D eigenvalue weighted by atomic mass is 10.3. The molecule has 0 fully saturated rings. The molecule has 0 aromatic carbocycles. The van der Waals surface area contributed by atoms with Gasteiger partial charge in [-0.1, -0.05) is 0 Å². The topological polar surface area (TPSA) is 107 Å². The van der Waals surface area contributed by atoms with Crippen LogP contribution in [0, 0.1) is 0 Å². The zero-order chi connectivity index (χ0) is 18.2. The number of nitrogens with two attached hydrogens (primary N) is 1. The van der Waals surface area contributed by atoms with Gasteiger partial charge in [-0.15, -0.1) is 0 Å². The first-order valence-electron chi connectivity index (χ1n) is 7.19. The van der Waals surface area contributed by atoms with Crippen LogP contribution in [-0.4, -0.2) is 105 Å². The molecule has 0 aliphatic carbocycles. The lowest BCUT2D eigenvalue weighted by molar-refractivity contribution is -0.140. The van der Waals surface area contributed by atoms with Crippen LogP contribution in [0.15, 0.2) is 0 Å². The van der Waals surface area contributed by atoms with Gasteiger partial charge >= 0.3 is 0 Å². The van der Waals surface area contributed by atoms with Crippen molar-refractivity contribution in [2.45, 2.75) is 6.42 Å². The SMILES string of the molecule is CN(C)CC(=O)N(C)CCC(=O)N(C)CC(=O)N(C)CC(N)=O. The molecule has 0 aromatic rings. The van der Waals surface area contributed by atoms with E-state index in [-0.39, 0.29) is 50.3 Å². The van der Waals surface area contributed by atoms with Crippen molar-refractivity contribution < 1.29 is 19.2 Å². The molecular weight excluding hydrogens is 302 g/mol. The summed E-state index contributed by atoms with van der Waals surface area (Å²) in [5.74, 6) is -1.33. The van der Waals surface area contributed by atoms with E-state index in [1.54, 1.807) is 26.0 Å². The summed E-state index contributed by atoms with van der Waals surface area (Å²) in [7, 11) is 8.15. The summed E-state index contributed by atoms with van der Waals surface area (Å²) in [4.78, 5) is 52.0. The average Bonchev–Trinajstić information content (AvgIpc) is 2.42. The summed E-state index contributed by atoms with van der Waals surface area (Å²) in [6.45, 7) is 0.221. The Balaban J connectivity index is 4.27. The molecule has 0 heterocycles. The van der Waals surface area contributed by atoms with Crippen LogP contribution >= 0.6 is 0 Å². The quantitative estimate of drug-likeness (QED) is 0.516. The third-order valence-corrected chi connectivity index (χ3v) is 3.16. The van der Waals surface area contributed by atoms with Crippen molar-refractivity contribution in [2.24, 2.45) is 5.73 Å². The highest BCUT2D eigenvalue weighted by molar-refractivity contribution is 5.87. The highest BCUT2D eigenvalue weighted by Crippen LogP contribution is 1.97. The monoisotopic (exact) mass is 329 g/mol. The Morgan fingerprint density at radius 3 is 1.65 bits per heavy atom. The summed E-state index contributed by atoms with van der Waals surface area (Å²) < 4.78 is 0. The van der Waals surface area contributed by atoms with E-state index >= 15 is 0 Å². The fourth-order valence-corrected chi connectivity index (χ4v) is 1.70. The fourth-order valence-electron chi connectivity index (χ4n) is 1.70. The van der Waals surface area contributed by atoms with Crippen molar-refractivity contribution in [1.82, 2.24) is 19.6 Å². The number of hydrogen-bond donors (Lipinski definition) is 1. The van der Waals surface area contributed by atoms with Gasteiger partial charge in [0.2, 0.25) is 23.6 Å². The first-order chi connectivity index (χ1) is 10.5.